The maximum absolute atomic E-state index is 13.2. The minimum atomic E-state index is -4.94. The number of aliphatic hydroxyl groups is 1. The summed E-state index contributed by atoms with van der Waals surface area (Å²) in [6.07, 6.45) is -1.24. The zero-order valence-electron chi connectivity index (χ0n) is 20.0. The van der Waals surface area contributed by atoms with Crippen LogP contribution in [0.1, 0.15) is 36.1 Å². The Kier molecular flexibility index (Phi) is 7.19. The standard InChI is InChI=1S/C27H23F3N2O5/c1-3-13-36-21-8-7-18(14-16(21)2)24(33)22-23(17-9-11-31-12-10-17)32(26(35)25(22)34)19-5-4-6-20(15-19)37-27(28,29)30/h4-12,14-15,23,33H,3,13H2,1-2H3/b24-22+. The molecule has 10 heteroatoms. The van der Waals surface area contributed by atoms with Gasteiger partial charge in [0.25, 0.3) is 11.7 Å². The molecule has 1 saturated heterocycles. The number of amides is 1. The van der Waals surface area contributed by atoms with Crippen LogP contribution >= 0.6 is 0 Å². The molecular formula is C27H23F3N2O5. The van der Waals surface area contributed by atoms with Crippen molar-refractivity contribution in [2.24, 2.45) is 0 Å². The number of carbonyl (C=O) groups excluding carboxylic acids is 2. The van der Waals surface area contributed by atoms with Crippen molar-refractivity contribution < 1.29 is 37.3 Å². The Morgan fingerprint density at radius 1 is 1.08 bits per heavy atom. The predicted molar refractivity (Wildman–Crippen MR) is 129 cm³/mol. The van der Waals surface area contributed by atoms with Gasteiger partial charge in [-0.1, -0.05) is 13.0 Å². The number of Topliss-reactive ketones (excluding diaryl/α,β-unsaturated/α-hetero) is 1. The van der Waals surface area contributed by atoms with Crippen molar-refractivity contribution in [1.82, 2.24) is 4.98 Å². The minimum absolute atomic E-state index is 0.00999. The highest BCUT2D eigenvalue weighted by molar-refractivity contribution is 6.51. The van der Waals surface area contributed by atoms with E-state index in [1.54, 1.807) is 37.3 Å². The highest BCUT2D eigenvalue weighted by Gasteiger charge is 2.47. The second-order valence-electron chi connectivity index (χ2n) is 8.32. The summed E-state index contributed by atoms with van der Waals surface area (Å²) in [4.78, 5) is 31.4. The molecule has 1 fully saturated rings. The Labute approximate surface area is 210 Å². The summed E-state index contributed by atoms with van der Waals surface area (Å²) in [7, 11) is 0. The molecular weight excluding hydrogens is 489 g/mol. The zero-order chi connectivity index (χ0) is 26.7. The quantitative estimate of drug-likeness (QED) is 0.248. The molecule has 1 aliphatic rings. The molecule has 37 heavy (non-hydrogen) atoms. The number of aryl methyl sites for hydroxylation is 1. The summed E-state index contributed by atoms with van der Waals surface area (Å²) in [5.41, 5.74) is 1.21. The Bertz CT molecular complexity index is 1360. The lowest BCUT2D eigenvalue weighted by atomic mass is 9.95. The Morgan fingerprint density at radius 2 is 1.81 bits per heavy atom. The van der Waals surface area contributed by atoms with E-state index in [0.717, 1.165) is 23.5 Å². The summed E-state index contributed by atoms with van der Waals surface area (Å²) >= 11 is 0. The molecule has 2 aromatic carbocycles. The number of nitrogens with zero attached hydrogens (tertiary/aromatic N) is 2. The fourth-order valence-electron chi connectivity index (χ4n) is 4.12. The van der Waals surface area contributed by atoms with Crippen LogP contribution in [0.15, 0.2) is 72.6 Å². The second-order valence-corrected chi connectivity index (χ2v) is 8.32. The van der Waals surface area contributed by atoms with Gasteiger partial charge in [0.2, 0.25) is 0 Å². The van der Waals surface area contributed by atoms with Crippen molar-refractivity contribution in [3.8, 4) is 11.5 Å². The van der Waals surface area contributed by atoms with Crippen LogP contribution in [0.25, 0.3) is 5.76 Å². The first-order valence-corrected chi connectivity index (χ1v) is 11.4. The van der Waals surface area contributed by atoms with Crippen LogP contribution in [0.2, 0.25) is 0 Å². The van der Waals surface area contributed by atoms with E-state index in [-0.39, 0.29) is 16.8 Å². The van der Waals surface area contributed by atoms with Crippen molar-refractivity contribution in [2.45, 2.75) is 32.7 Å². The van der Waals surface area contributed by atoms with E-state index < -0.39 is 35.6 Å². The van der Waals surface area contributed by atoms with Crippen LogP contribution in [0.5, 0.6) is 11.5 Å². The van der Waals surface area contributed by atoms with E-state index in [1.165, 1.54) is 24.5 Å². The molecule has 0 aliphatic carbocycles. The summed E-state index contributed by atoms with van der Waals surface area (Å²) in [6, 6.07) is 11.6. The first-order chi connectivity index (χ1) is 17.6. The molecule has 1 aromatic heterocycles. The van der Waals surface area contributed by atoms with E-state index in [4.69, 9.17) is 4.74 Å². The van der Waals surface area contributed by atoms with Crippen molar-refractivity contribution >= 4 is 23.1 Å². The normalized spacial score (nSPS) is 17.2. The number of ether oxygens (including phenoxy) is 2. The predicted octanol–water partition coefficient (Wildman–Crippen LogP) is 5.70. The number of ketones is 1. The summed E-state index contributed by atoms with van der Waals surface area (Å²) in [5.74, 6) is -2.35. The molecule has 0 bridgehead atoms. The van der Waals surface area contributed by atoms with Crippen LogP contribution < -0.4 is 14.4 Å². The van der Waals surface area contributed by atoms with Crippen molar-refractivity contribution in [2.75, 3.05) is 11.5 Å². The highest BCUT2D eigenvalue weighted by Crippen LogP contribution is 2.43. The number of rotatable bonds is 7. The second kappa shape index (κ2) is 10.3. The molecule has 4 rings (SSSR count). The molecule has 1 aliphatic heterocycles. The van der Waals surface area contributed by atoms with E-state index >= 15 is 0 Å². The molecule has 192 valence electrons. The van der Waals surface area contributed by atoms with Gasteiger partial charge in [-0.2, -0.15) is 0 Å². The summed E-state index contributed by atoms with van der Waals surface area (Å²) in [6.45, 7) is 4.27. The average molecular weight is 512 g/mol. The van der Waals surface area contributed by atoms with E-state index in [1.807, 2.05) is 6.92 Å². The van der Waals surface area contributed by atoms with Gasteiger partial charge >= 0.3 is 6.36 Å². The molecule has 1 unspecified atom stereocenters. The summed E-state index contributed by atoms with van der Waals surface area (Å²) in [5, 5.41) is 11.3. The Hall–Kier alpha value is -4.34. The molecule has 0 spiro atoms. The number of carbonyl (C=O) groups is 2. The fourth-order valence-corrected chi connectivity index (χ4v) is 4.12. The first-order valence-electron chi connectivity index (χ1n) is 11.4. The third-order valence-electron chi connectivity index (χ3n) is 5.71. The van der Waals surface area contributed by atoms with Gasteiger partial charge in [0.1, 0.15) is 17.3 Å². The Morgan fingerprint density at radius 3 is 2.46 bits per heavy atom. The van der Waals surface area contributed by atoms with Crippen LogP contribution in [-0.2, 0) is 9.59 Å². The number of anilines is 1. The van der Waals surface area contributed by atoms with Crippen molar-refractivity contribution in [3.63, 3.8) is 0 Å². The van der Waals surface area contributed by atoms with Crippen molar-refractivity contribution in [3.05, 3.63) is 89.3 Å². The molecule has 7 nitrogen and oxygen atoms in total. The van der Waals surface area contributed by atoms with Gasteiger partial charge in [-0.15, -0.1) is 13.2 Å². The highest BCUT2D eigenvalue weighted by atomic mass is 19.4. The number of halogens is 3. The number of hydrogen-bond donors (Lipinski definition) is 1. The molecule has 3 aromatic rings. The van der Waals surface area contributed by atoms with Crippen LogP contribution in [0, 0.1) is 6.92 Å². The van der Waals surface area contributed by atoms with Gasteiger partial charge in [-0.05, 0) is 66.9 Å². The first kappa shape index (κ1) is 25.7. The Balaban J connectivity index is 1.84. The molecule has 2 heterocycles. The van der Waals surface area contributed by atoms with E-state index in [0.29, 0.717) is 23.5 Å². The van der Waals surface area contributed by atoms with Crippen LogP contribution in [0.3, 0.4) is 0 Å². The van der Waals surface area contributed by atoms with E-state index in [2.05, 4.69) is 9.72 Å². The van der Waals surface area contributed by atoms with Crippen LogP contribution in [-0.4, -0.2) is 34.8 Å². The van der Waals surface area contributed by atoms with Gasteiger partial charge in [0, 0.05) is 29.7 Å². The monoisotopic (exact) mass is 512 g/mol. The topological polar surface area (TPSA) is 89.0 Å². The number of pyridine rings is 1. The molecule has 1 atom stereocenters. The van der Waals surface area contributed by atoms with Gasteiger partial charge in [-0.25, -0.2) is 0 Å². The summed E-state index contributed by atoms with van der Waals surface area (Å²) < 4.78 is 48.1. The largest absolute Gasteiger partial charge is 0.573 e. The lowest BCUT2D eigenvalue weighted by Gasteiger charge is -2.25. The SMILES string of the molecule is CCCOc1ccc(/C(O)=C2\C(=O)C(=O)N(c3cccc(OC(F)(F)F)c3)C2c2ccncc2)cc1C. The average Bonchev–Trinajstić information content (AvgIpc) is 3.13. The number of aromatic nitrogens is 1. The molecule has 1 N–H and O–H groups in total. The third-order valence-corrected chi connectivity index (χ3v) is 5.71. The molecule has 0 radical (unpaired) electrons. The number of hydrogen-bond acceptors (Lipinski definition) is 6. The van der Waals surface area contributed by atoms with Gasteiger partial charge in [0.05, 0.1) is 18.2 Å². The molecule has 1 amide bonds. The number of aliphatic hydroxyl groups excluding tert-OH is 1. The molecule has 0 saturated carbocycles. The van der Waals surface area contributed by atoms with Gasteiger partial charge < -0.3 is 14.6 Å². The fraction of sp³-hybridized carbons (Fsp3) is 0.222. The van der Waals surface area contributed by atoms with Crippen LogP contribution in [0.4, 0.5) is 18.9 Å². The third kappa shape index (κ3) is 5.42. The number of benzene rings is 2. The van der Waals surface area contributed by atoms with Gasteiger partial charge in [-0.3, -0.25) is 19.5 Å². The van der Waals surface area contributed by atoms with Gasteiger partial charge in [0.15, 0.2) is 0 Å². The minimum Gasteiger partial charge on any atom is -0.507 e. The van der Waals surface area contributed by atoms with Crippen molar-refractivity contribution in [1.29, 1.82) is 0 Å². The smallest absolute Gasteiger partial charge is 0.507 e. The lowest BCUT2D eigenvalue weighted by Crippen LogP contribution is -2.29. The number of alkyl halides is 3. The van der Waals surface area contributed by atoms with E-state index in [9.17, 15) is 27.9 Å². The lowest BCUT2D eigenvalue weighted by molar-refractivity contribution is -0.274. The zero-order valence-corrected chi connectivity index (χ0v) is 20.0. The maximum Gasteiger partial charge on any atom is 0.573 e. The maximum atomic E-state index is 13.2.